The zero-order valence-electron chi connectivity index (χ0n) is 8.90. The second-order valence-electron chi connectivity index (χ2n) is 3.21. The van der Waals surface area contributed by atoms with Crippen LogP contribution in [0, 0.1) is 0 Å². The van der Waals surface area contributed by atoms with Crippen molar-refractivity contribution in [3.63, 3.8) is 0 Å². The van der Waals surface area contributed by atoms with E-state index >= 15 is 0 Å². The molecule has 0 unspecified atom stereocenters. The van der Waals surface area contributed by atoms with Crippen LogP contribution in [-0.2, 0) is 11.3 Å². The zero-order valence-corrected chi connectivity index (χ0v) is 8.90. The molecule has 15 heavy (non-hydrogen) atoms. The van der Waals surface area contributed by atoms with Gasteiger partial charge in [0.2, 0.25) is 0 Å². The Labute approximate surface area is 89.7 Å². The van der Waals surface area contributed by atoms with Crippen molar-refractivity contribution >= 4 is 5.78 Å². The Bertz CT molecular complexity index is 320. The number of aliphatic hydroxyl groups is 1. The fraction of sp³-hybridized carbons (Fsp3) is 0.417. The molecule has 0 fully saturated rings. The summed E-state index contributed by atoms with van der Waals surface area (Å²) in [6, 6.07) is 7.41. The standard InChI is InChI=1S/C12H16O3/c1-2-12(14)11-6-4-3-5-10(11)9-15-8-7-13/h3-6,13H,2,7-9H2,1H3. The van der Waals surface area contributed by atoms with Crippen LogP contribution in [0.2, 0.25) is 0 Å². The molecule has 1 aromatic rings. The Kier molecular flexibility index (Phi) is 5.01. The molecule has 1 aromatic carbocycles. The number of ether oxygens (including phenoxy) is 1. The monoisotopic (exact) mass is 208 g/mol. The van der Waals surface area contributed by atoms with Crippen molar-refractivity contribution < 1.29 is 14.6 Å². The van der Waals surface area contributed by atoms with Crippen molar-refractivity contribution in [2.24, 2.45) is 0 Å². The lowest BCUT2D eigenvalue weighted by atomic mass is 10.0. The summed E-state index contributed by atoms with van der Waals surface area (Å²) in [5.41, 5.74) is 1.61. The summed E-state index contributed by atoms with van der Waals surface area (Å²) in [4.78, 5) is 11.6. The van der Waals surface area contributed by atoms with Gasteiger partial charge in [-0.05, 0) is 5.56 Å². The molecule has 0 spiro atoms. The Balaban J connectivity index is 2.73. The molecule has 3 heteroatoms. The summed E-state index contributed by atoms with van der Waals surface area (Å²) in [7, 11) is 0. The summed E-state index contributed by atoms with van der Waals surface area (Å²) in [6.45, 7) is 2.52. The first kappa shape index (κ1) is 11.9. The lowest BCUT2D eigenvalue weighted by molar-refractivity contribution is 0.0802. The third-order valence-electron chi connectivity index (χ3n) is 2.13. The molecule has 0 aliphatic rings. The number of hydrogen-bond donors (Lipinski definition) is 1. The fourth-order valence-electron chi connectivity index (χ4n) is 1.36. The van der Waals surface area contributed by atoms with Crippen LogP contribution in [-0.4, -0.2) is 24.1 Å². The average Bonchev–Trinajstić information content (AvgIpc) is 2.29. The van der Waals surface area contributed by atoms with E-state index in [1.165, 1.54) is 0 Å². The normalized spacial score (nSPS) is 10.3. The van der Waals surface area contributed by atoms with Crippen LogP contribution in [0.5, 0.6) is 0 Å². The first-order chi connectivity index (χ1) is 7.29. The number of rotatable bonds is 6. The van der Waals surface area contributed by atoms with E-state index in [1.807, 2.05) is 31.2 Å². The fourth-order valence-corrected chi connectivity index (χ4v) is 1.36. The highest BCUT2D eigenvalue weighted by Gasteiger charge is 2.08. The van der Waals surface area contributed by atoms with Crippen molar-refractivity contribution in [3.05, 3.63) is 35.4 Å². The lowest BCUT2D eigenvalue weighted by Crippen LogP contribution is -2.05. The van der Waals surface area contributed by atoms with Gasteiger partial charge in [-0.25, -0.2) is 0 Å². The molecule has 0 aliphatic carbocycles. The van der Waals surface area contributed by atoms with E-state index in [1.54, 1.807) is 0 Å². The summed E-state index contributed by atoms with van der Waals surface area (Å²) in [5, 5.41) is 8.58. The van der Waals surface area contributed by atoms with E-state index < -0.39 is 0 Å². The number of carbonyl (C=O) groups excluding carboxylic acids is 1. The lowest BCUT2D eigenvalue weighted by Gasteiger charge is -2.07. The van der Waals surface area contributed by atoms with Gasteiger partial charge in [-0.15, -0.1) is 0 Å². The van der Waals surface area contributed by atoms with Crippen molar-refractivity contribution in [3.8, 4) is 0 Å². The molecule has 0 radical (unpaired) electrons. The molecule has 1 rings (SSSR count). The molecule has 82 valence electrons. The second-order valence-corrected chi connectivity index (χ2v) is 3.21. The van der Waals surface area contributed by atoms with Gasteiger partial charge < -0.3 is 9.84 Å². The summed E-state index contributed by atoms with van der Waals surface area (Å²) in [5.74, 6) is 0.123. The van der Waals surface area contributed by atoms with Gasteiger partial charge in [0, 0.05) is 12.0 Å². The topological polar surface area (TPSA) is 46.5 Å². The van der Waals surface area contributed by atoms with Gasteiger partial charge in [0.25, 0.3) is 0 Å². The van der Waals surface area contributed by atoms with Gasteiger partial charge >= 0.3 is 0 Å². The van der Waals surface area contributed by atoms with Crippen LogP contribution in [0.4, 0.5) is 0 Å². The molecule has 1 N–H and O–H groups in total. The Hall–Kier alpha value is -1.19. The van der Waals surface area contributed by atoms with Gasteiger partial charge in [-0.3, -0.25) is 4.79 Å². The van der Waals surface area contributed by atoms with E-state index in [0.717, 1.165) is 11.1 Å². The minimum absolute atomic E-state index is 0.00386. The van der Waals surface area contributed by atoms with E-state index in [4.69, 9.17) is 9.84 Å². The van der Waals surface area contributed by atoms with Crippen LogP contribution in [0.25, 0.3) is 0 Å². The minimum atomic E-state index is 0.00386. The third kappa shape index (κ3) is 3.46. The summed E-state index contributed by atoms with van der Waals surface area (Å²) >= 11 is 0. The van der Waals surface area contributed by atoms with E-state index in [0.29, 0.717) is 19.6 Å². The first-order valence-corrected chi connectivity index (χ1v) is 5.09. The summed E-state index contributed by atoms with van der Waals surface area (Å²) in [6.07, 6.45) is 0.497. The zero-order chi connectivity index (χ0) is 11.1. The highest BCUT2D eigenvalue weighted by Crippen LogP contribution is 2.12. The van der Waals surface area contributed by atoms with Crippen LogP contribution >= 0.6 is 0 Å². The first-order valence-electron chi connectivity index (χ1n) is 5.09. The van der Waals surface area contributed by atoms with Gasteiger partial charge in [-0.1, -0.05) is 31.2 Å². The van der Waals surface area contributed by atoms with E-state index in [-0.39, 0.29) is 12.4 Å². The minimum Gasteiger partial charge on any atom is -0.394 e. The van der Waals surface area contributed by atoms with Crippen molar-refractivity contribution in [1.29, 1.82) is 0 Å². The average molecular weight is 208 g/mol. The second kappa shape index (κ2) is 6.32. The van der Waals surface area contributed by atoms with Gasteiger partial charge in [0.05, 0.1) is 19.8 Å². The largest absolute Gasteiger partial charge is 0.394 e. The highest BCUT2D eigenvalue weighted by molar-refractivity contribution is 5.97. The van der Waals surface area contributed by atoms with Crippen molar-refractivity contribution in [1.82, 2.24) is 0 Å². The molecule has 0 atom stereocenters. The van der Waals surface area contributed by atoms with Gasteiger partial charge in [-0.2, -0.15) is 0 Å². The summed E-state index contributed by atoms with van der Waals surface area (Å²) < 4.78 is 5.20. The number of hydrogen-bond acceptors (Lipinski definition) is 3. The molecule has 0 heterocycles. The maximum absolute atomic E-state index is 11.6. The van der Waals surface area contributed by atoms with Crippen molar-refractivity contribution in [2.45, 2.75) is 20.0 Å². The van der Waals surface area contributed by atoms with Crippen LogP contribution in [0.1, 0.15) is 29.3 Å². The molecule has 0 saturated heterocycles. The number of carbonyl (C=O) groups is 1. The molecule has 0 amide bonds. The van der Waals surface area contributed by atoms with Crippen LogP contribution in [0.3, 0.4) is 0 Å². The maximum Gasteiger partial charge on any atom is 0.162 e. The number of ketones is 1. The quantitative estimate of drug-likeness (QED) is 0.572. The Morgan fingerprint density at radius 3 is 2.80 bits per heavy atom. The third-order valence-corrected chi connectivity index (χ3v) is 2.13. The molecular formula is C12H16O3. The Morgan fingerprint density at radius 1 is 1.40 bits per heavy atom. The number of aliphatic hydroxyl groups excluding tert-OH is 1. The number of benzene rings is 1. The SMILES string of the molecule is CCC(=O)c1ccccc1COCCO. The molecule has 3 nitrogen and oxygen atoms in total. The van der Waals surface area contributed by atoms with E-state index in [2.05, 4.69) is 0 Å². The molecule has 0 aliphatic heterocycles. The Morgan fingerprint density at radius 2 is 2.13 bits per heavy atom. The van der Waals surface area contributed by atoms with Gasteiger partial charge in [0.15, 0.2) is 5.78 Å². The molecule has 0 bridgehead atoms. The maximum atomic E-state index is 11.6. The highest BCUT2D eigenvalue weighted by atomic mass is 16.5. The predicted molar refractivity (Wildman–Crippen MR) is 57.8 cm³/mol. The molecule has 0 saturated carbocycles. The van der Waals surface area contributed by atoms with Crippen LogP contribution < -0.4 is 0 Å². The number of Topliss-reactive ketones (excluding diaryl/α,β-unsaturated/α-hetero) is 1. The van der Waals surface area contributed by atoms with Crippen molar-refractivity contribution in [2.75, 3.05) is 13.2 Å². The van der Waals surface area contributed by atoms with Crippen LogP contribution in [0.15, 0.2) is 24.3 Å². The van der Waals surface area contributed by atoms with E-state index in [9.17, 15) is 4.79 Å². The molecule has 0 aromatic heterocycles. The van der Waals surface area contributed by atoms with Gasteiger partial charge in [0.1, 0.15) is 0 Å². The smallest absolute Gasteiger partial charge is 0.162 e. The predicted octanol–water partition coefficient (Wildman–Crippen LogP) is 1.79. The molecular weight excluding hydrogens is 192 g/mol.